The number of hydrogen-bond acceptors (Lipinski definition) is 5. The Hall–Kier alpha value is -0.260. The lowest BCUT2D eigenvalue weighted by Crippen LogP contribution is -2.44. The molecule has 1 aliphatic heterocycles. The summed E-state index contributed by atoms with van der Waals surface area (Å²) in [6.45, 7) is 9.76. The monoisotopic (exact) mass is 271 g/mol. The van der Waals surface area contributed by atoms with Crippen LogP contribution in [0.5, 0.6) is 0 Å². The number of aromatic nitrogens is 1. The highest BCUT2D eigenvalue weighted by atomic mass is 32.2. The maximum absolute atomic E-state index is 4.73. The fourth-order valence-electron chi connectivity index (χ4n) is 1.97. The van der Waals surface area contributed by atoms with Crippen LogP contribution in [0.4, 0.5) is 5.13 Å². The van der Waals surface area contributed by atoms with Gasteiger partial charge in [0, 0.05) is 35.5 Å². The van der Waals surface area contributed by atoms with Crippen LogP contribution in [0, 0.1) is 0 Å². The minimum atomic E-state index is 0.590. The number of nitrogens with zero attached hydrogens (tertiary/aromatic N) is 2. The molecule has 1 aliphatic rings. The van der Waals surface area contributed by atoms with E-state index in [1.807, 2.05) is 0 Å². The normalized spacial score (nSPS) is 25.2. The maximum Gasteiger partial charge on any atom is 0.185 e. The van der Waals surface area contributed by atoms with E-state index in [-0.39, 0.29) is 0 Å². The van der Waals surface area contributed by atoms with Crippen LogP contribution < -0.4 is 10.2 Å². The fraction of sp³-hybridized carbons (Fsp3) is 0.750. The molecule has 1 aromatic heterocycles. The second-order valence-corrected chi connectivity index (χ2v) is 6.73. The average Bonchev–Trinajstić information content (AvgIpc) is 2.78. The molecule has 1 fully saturated rings. The minimum absolute atomic E-state index is 0.590. The van der Waals surface area contributed by atoms with E-state index >= 15 is 0 Å². The minimum Gasteiger partial charge on any atom is -0.343 e. The van der Waals surface area contributed by atoms with Gasteiger partial charge in [-0.3, -0.25) is 0 Å². The van der Waals surface area contributed by atoms with E-state index < -0.39 is 0 Å². The Morgan fingerprint density at radius 1 is 1.53 bits per heavy atom. The van der Waals surface area contributed by atoms with Gasteiger partial charge in [-0.2, -0.15) is 11.8 Å². The summed E-state index contributed by atoms with van der Waals surface area (Å²) < 4.78 is 0. The second-order valence-electron chi connectivity index (χ2n) is 4.41. The molecule has 2 heterocycles. The highest BCUT2D eigenvalue weighted by Crippen LogP contribution is 2.30. The first-order chi connectivity index (χ1) is 8.22. The third-order valence-electron chi connectivity index (χ3n) is 3.23. The maximum atomic E-state index is 4.73. The van der Waals surface area contributed by atoms with Crippen LogP contribution in [0.2, 0.25) is 0 Å². The number of hydrogen-bond donors (Lipinski definition) is 1. The topological polar surface area (TPSA) is 28.2 Å². The lowest BCUT2D eigenvalue weighted by molar-refractivity contribution is 0.623. The van der Waals surface area contributed by atoms with Crippen molar-refractivity contribution < 1.29 is 0 Å². The molecule has 1 N–H and O–H groups in total. The molecule has 96 valence electrons. The molecule has 2 atom stereocenters. The molecule has 2 rings (SSSR count). The number of thiazole rings is 1. The molecular weight excluding hydrogens is 250 g/mol. The van der Waals surface area contributed by atoms with Crippen LogP contribution in [0.15, 0.2) is 5.38 Å². The Balaban J connectivity index is 2.03. The molecule has 17 heavy (non-hydrogen) atoms. The summed E-state index contributed by atoms with van der Waals surface area (Å²) in [5.41, 5.74) is 1.17. The number of nitrogens with one attached hydrogen (secondary N) is 1. The van der Waals surface area contributed by atoms with Crippen molar-refractivity contribution in [2.24, 2.45) is 0 Å². The zero-order valence-corrected chi connectivity index (χ0v) is 12.4. The number of rotatable bonds is 4. The van der Waals surface area contributed by atoms with Gasteiger partial charge >= 0.3 is 0 Å². The molecule has 5 heteroatoms. The summed E-state index contributed by atoms with van der Waals surface area (Å²) in [5, 5.41) is 7.39. The third-order valence-corrected chi connectivity index (χ3v) is 5.49. The first-order valence-electron chi connectivity index (χ1n) is 6.25. The Morgan fingerprint density at radius 3 is 3.12 bits per heavy atom. The van der Waals surface area contributed by atoms with E-state index in [9.17, 15) is 0 Å². The van der Waals surface area contributed by atoms with Crippen molar-refractivity contribution in [2.45, 2.75) is 38.6 Å². The molecule has 1 aromatic rings. The van der Waals surface area contributed by atoms with Crippen LogP contribution in [0.25, 0.3) is 0 Å². The van der Waals surface area contributed by atoms with Crippen molar-refractivity contribution in [1.29, 1.82) is 0 Å². The Kier molecular flexibility index (Phi) is 4.70. The van der Waals surface area contributed by atoms with Gasteiger partial charge in [-0.1, -0.05) is 13.8 Å². The summed E-state index contributed by atoms with van der Waals surface area (Å²) in [5.74, 6) is 1.22. The summed E-state index contributed by atoms with van der Waals surface area (Å²) in [6.07, 6.45) is 0. The van der Waals surface area contributed by atoms with Crippen LogP contribution in [0.1, 0.15) is 26.5 Å². The van der Waals surface area contributed by atoms with Crippen LogP contribution in [0.3, 0.4) is 0 Å². The largest absolute Gasteiger partial charge is 0.343 e. The summed E-state index contributed by atoms with van der Waals surface area (Å²) in [6, 6.07) is 0.590. The predicted octanol–water partition coefficient (Wildman–Crippen LogP) is 2.58. The highest BCUT2D eigenvalue weighted by Gasteiger charge is 2.26. The standard InChI is InChI=1S/C12H21N3S2/c1-4-13-7-11-8-17-12(14-11)15-5-6-16-10(3)9(15)2/h8-10,13H,4-7H2,1-3H3. The lowest BCUT2D eigenvalue weighted by Gasteiger charge is -2.37. The predicted molar refractivity (Wildman–Crippen MR) is 78.2 cm³/mol. The molecule has 1 saturated heterocycles. The molecule has 0 saturated carbocycles. The van der Waals surface area contributed by atoms with Gasteiger partial charge in [0.15, 0.2) is 5.13 Å². The summed E-state index contributed by atoms with van der Waals surface area (Å²) in [7, 11) is 0. The van der Waals surface area contributed by atoms with Gasteiger partial charge in [0.2, 0.25) is 0 Å². The van der Waals surface area contributed by atoms with E-state index in [2.05, 4.69) is 48.1 Å². The zero-order chi connectivity index (χ0) is 12.3. The van der Waals surface area contributed by atoms with Gasteiger partial charge in [0.1, 0.15) is 0 Å². The average molecular weight is 271 g/mol. The molecule has 0 aromatic carbocycles. The number of anilines is 1. The number of thioether (sulfide) groups is 1. The van der Waals surface area contributed by atoms with Crippen molar-refractivity contribution in [3.63, 3.8) is 0 Å². The van der Waals surface area contributed by atoms with E-state index in [1.54, 1.807) is 11.3 Å². The van der Waals surface area contributed by atoms with Gasteiger partial charge in [-0.25, -0.2) is 4.98 Å². The molecule has 2 unspecified atom stereocenters. The first-order valence-corrected chi connectivity index (χ1v) is 8.18. The SMILES string of the molecule is CCNCc1csc(N2CCSC(C)C2C)n1. The Bertz CT molecular complexity index is 353. The van der Waals surface area contributed by atoms with Gasteiger partial charge in [0.25, 0.3) is 0 Å². The summed E-state index contributed by atoms with van der Waals surface area (Å²) >= 11 is 3.85. The molecule has 0 bridgehead atoms. The van der Waals surface area contributed by atoms with Gasteiger partial charge in [-0.15, -0.1) is 11.3 Å². The lowest BCUT2D eigenvalue weighted by atomic mass is 10.2. The quantitative estimate of drug-likeness (QED) is 0.911. The Labute approximate surface area is 112 Å². The smallest absolute Gasteiger partial charge is 0.185 e. The Morgan fingerprint density at radius 2 is 2.35 bits per heavy atom. The van der Waals surface area contributed by atoms with Crippen molar-refractivity contribution in [3.8, 4) is 0 Å². The van der Waals surface area contributed by atoms with Crippen LogP contribution in [-0.4, -0.2) is 35.1 Å². The second kappa shape index (κ2) is 6.07. The molecular formula is C12H21N3S2. The van der Waals surface area contributed by atoms with Crippen molar-refractivity contribution >= 4 is 28.2 Å². The molecule has 0 aliphatic carbocycles. The van der Waals surface area contributed by atoms with E-state index in [1.165, 1.54) is 16.6 Å². The van der Waals surface area contributed by atoms with Crippen molar-refractivity contribution in [1.82, 2.24) is 10.3 Å². The van der Waals surface area contributed by atoms with Crippen molar-refractivity contribution in [3.05, 3.63) is 11.1 Å². The molecule has 3 nitrogen and oxygen atoms in total. The van der Waals surface area contributed by atoms with Gasteiger partial charge in [0.05, 0.1) is 5.69 Å². The van der Waals surface area contributed by atoms with E-state index in [0.717, 1.165) is 19.6 Å². The molecule has 0 spiro atoms. The molecule has 0 amide bonds. The third kappa shape index (κ3) is 3.14. The van der Waals surface area contributed by atoms with Gasteiger partial charge in [-0.05, 0) is 13.5 Å². The first kappa shape index (κ1) is 13.2. The van der Waals surface area contributed by atoms with Crippen LogP contribution >= 0.6 is 23.1 Å². The van der Waals surface area contributed by atoms with E-state index in [0.29, 0.717) is 11.3 Å². The fourth-order valence-corrected chi connectivity index (χ4v) is 4.01. The van der Waals surface area contributed by atoms with E-state index in [4.69, 9.17) is 4.98 Å². The zero-order valence-electron chi connectivity index (χ0n) is 10.8. The van der Waals surface area contributed by atoms with Gasteiger partial charge < -0.3 is 10.2 Å². The summed E-state index contributed by atoms with van der Waals surface area (Å²) in [4.78, 5) is 7.19. The van der Waals surface area contributed by atoms with Crippen LogP contribution in [-0.2, 0) is 6.54 Å². The van der Waals surface area contributed by atoms with Crippen molar-refractivity contribution in [2.75, 3.05) is 23.7 Å². The highest BCUT2D eigenvalue weighted by molar-refractivity contribution is 8.00. The molecule has 0 radical (unpaired) electrons.